The second-order valence-electron chi connectivity index (χ2n) is 5.47. The van der Waals surface area contributed by atoms with Gasteiger partial charge in [0.2, 0.25) is 10.0 Å². The predicted molar refractivity (Wildman–Crippen MR) is 91.3 cm³/mol. The zero-order chi connectivity index (χ0) is 19.2. The van der Waals surface area contributed by atoms with Crippen molar-refractivity contribution in [2.24, 2.45) is 5.14 Å². The van der Waals surface area contributed by atoms with Gasteiger partial charge in [0, 0.05) is 10.9 Å². The highest BCUT2D eigenvalue weighted by Crippen LogP contribution is 2.29. The van der Waals surface area contributed by atoms with E-state index in [4.69, 9.17) is 5.14 Å². The molecule has 0 bridgehead atoms. The minimum atomic E-state index is -4.60. The van der Waals surface area contributed by atoms with Crippen molar-refractivity contribution in [2.45, 2.75) is 11.8 Å². The summed E-state index contributed by atoms with van der Waals surface area (Å²) in [5, 5.41) is 6.14. The van der Waals surface area contributed by atoms with Crippen LogP contribution in [0.3, 0.4) is 0 Å². The number of aromatic nitrogens is 1. The normalized spacial score (nSPS) is 11.7. The number of primary sulfonamides is 1. The molecule has 3 rings (SSSR count). The van der Waals surface area contributed by atoms with Crippen molar-refractivity contribution in [2.75, 3.05) is 0 Å². The first-order valence-electron chi connectivity index (χ1n) is 7.09. The van der Waals surface area contributed by atoms with Crippen LogP contribution in [0, 0.1) is 24.4 Å². The Bertz CT molecular complexity index is 1160. The Kier molecular flexibility index (Phi) is 4.51. The molecule has 26 heavy (non-hydrogen) atoms. The maximum atomic E-state index is 14.1. The Morgan fingerprint density at radius 1 is 1.04 bits per heavy atom. The van der Waals surface area contributed by atoms with Gasteiger partial charge in [-0.1, -0.05) is 17.4 Å². The van der Waals surface area contributed by atoms with Gasteiger partial charge in [0.05, 0.1) is 11.4 Å². The highest BCUT2D eigenvalue weighted by Gasteiger charge is 2.23. The molecule has 1 heterocycles. The minimum absolute atomic E-state index is 0.0852. The lowest BCUT2D eigenvalue weighted by Gasteiger charge is -2.10. The molecule has 0 unspecified atom stereocenters. The molecule has 0 amide bonds. The van der Waals surface area contributed by atoms with E-state index in [1.807, 2.05) is 0 Å². The molecule has 3 aromatic rings. The molecule has 2 aromatic carbocycles. The summed E-state index contributed by atoms with van der Waals surface area (Å²) in [6.07, 6.45) is 0. The highest BCUT2D eigenvalue weighted by molar-refractivity contribution is 7.89. The largest absolute Gasteiger partial charge is 0.312 e. The number of halogens is 3. The maximum Gasteiger partial charge on any atom is 0.312 e. The third kappa shape index (κ3) is 3.18. The number of aryl methyl sites for hydroxylation is 1. The van der Waals surface area contributed by atoms with Gasteiger partial charge < -0.3 is 0 Å². The monoisotopic (exact) mass is 400 g/mol. The van der Waals surface area contributed by atoms with E-state index >= 15 is 0 Å². The summed E-state index contributed by atoms with van der Waals surface area (Å²) in [4.78, 5) is 10.4. The third-order valence-corrected chi connectivity index (χ3v) is 5.37. The van der Waals surface area contributed by atoms with Crippen LogP contribution in [0.1, 0.15) is 5.56 Å². The fraction of sp³-hybridized carbons (Fsp3) is 0.0625. The number of nitrogens with zero attached hydrogens (tertiary/aromatic N) is 1. The van der Waals surface area contributed by atoms with Crippen molar-refractivity contribution in [3.63, 3.8) is 0 Å². The van der Waals surface area contributed by atoms with Crippen LogP contribution in [0.4, 0.5) is 13.2 Å². The van der Waals surface area contributed by atoms with Gasteiger partial charge >= 0.3 is 4.87 Å². The molecule has 136 valence electrons. The second-order valence-corrected chi connectivity index (χ2v) is 7.79. The molecule has 0 radical (unpaired) electrons. The first-order valence-corrected chi connectivity index (χ1v) is 9.51. The Labute approximate surface area is 150 Å². The smallest absolute Gasteiger partial charge is 0.267 e. The summed E-state index contributed by atoms with van der Waals surface area (Å²) < 4.78 is 65.7. The molecule has 0 aliphatic carbocycles. The van der Waals surface area contributed by atoms with Crippen LogP contribution in [0.25, 0.3) is 16.9 Å². The van der Waals surface area contributed by atoms with Crippen molar-refractivity contribution in [3.8, 4) is 16.9 Å². The van der Waals surface area contributed by atoms with Crippen molar-refractivity contribution in [1.29, 1.82) is 0 Å². The van der Waals surface area contributed by atoms with Gasteiger partial charge in [0.25, 0.3) is 0 Å². The van der Waals surface area contributed by atoms with Crippen LogP contribution in [0.15, 0.2) is 45.4 Å². The number of hydrogen-bond acceptors (Lipinski definition) is 4. The number of benzene rings is 2. The van der Waals surface area contributed by atoms with Crippen LogP contribution >= 0.6 is 11.3 Å². The molecule has 5 nitrogen and oxygen atoms in total. The molecule has 0 fully saturated rings. The third-order valence-electron chi connectivity index (χ3n) is 3.69. The van der Waals surface area contributed by atoms with Gasteiger partial charge in [0.1, 0.15) is 17.5 Å². The second kappa shape index (κ2) is 6.38. The van der Waals surface area contributed by atoms with E-state index in [1.165, 1.54) is 17.5 Å². The summed E-state index contributed by atoms with van der Waals surface area (Å²) in [5.74, 6) is -3.32. The summed E-state index contributed by atoms with van der Waals surface area (Å²) >= 11 is 0.749. The van der Waals surface area contributed by atoms with Gasteiger partial charge in [-0.25, -0.2) is 26.7 Å². The fourth-order valence-corrected chi connectivity index (χ4v) is 3.88. The van der Waals surface area contributed by atoms with E-state index in [1.54, 1.807) is 6.92 Å². The number of sulfonamides is 1. The summed E-state index contributed by atoms with van der Waals surface area (Å²) in [6.45, 7) is 1.55. The molecular weight excluding hydrogens is 389 g/mol. The lowest BCUT2D eigenvalue weighted by molar-refractivity contribution is 0.520. The van der Waals surface area contributed by atoms with E-state index in [-0.39, 0.29) is 16.9 Å². The topological polar surface area (TPSA) is 82.2 Å². The zero-order valence-corrected chi connectivity index (χ0v) is 14.8. The molecule has 0 atom stereocenters. The van der Waals surface area contributed by atoms with Crippen LogP contribution in [-0.4, -0.2) is 13.0 Å². The predicted octanol–water partition coefficient (Wildman–Crippen LogP) is 2.94. The number of nitrogens with two attached hydrogens (primary N) is 1. The molecule has 0 saturated carbocycles. The van der Waals surface area contributed by atoms with Crippen LogP contribution in [-0.2, 0) is 10.0 Å². The average Bonchev–Trinajstić information content (AvgIpc) is 2.89. The summed E-state index contributed by atoms with van der Waals surface area (Å²) in [7, 11) is -4.60. The molecule has 10 heteroatoms. The van der Waals surface area contributed by atoms with Crippen LogP contribution in [0.5, 0.6) is 0 Å². The van der Waals surface area contributed by atoms with E-state index in [9.17, 15) is 26.4 Å². The molecule has 1 aromatic heterocycles. The quantitative estimate of drug-likeness (QED) is 0.734. The summed E-state index contributed by atoms with van der Waals surface area (Å²) in [6, 6.07) is 5.58. The Morgan fingerprint density at radius 2 is 1.65 bits per heavy atom. The van der Waals surface area contributed by atoms with E-state index in [0.717, 1.165) is 34.1 Å². The Balaban J connectivity index is 2.24. The summed E-state index contributed by atoms with van der Waals surface area (Å²) in [5.41, 5.74) is 0.535. The Morgan fingerprint density at radius 3 is 2.19 bits per heavy atom. The highest BCUT2D eigenvalue weighted by atomic mass is 32.2. The molecular formula is C16H11F3N2O3S2. The number of thiazole rings is 1. The maximum absolute atomic E-state index is 14.1. The van der Waals surface area contributed by atoms with Crippen LogP contribution in [0.2, 0.25) is 0 Å². The van der Waals surface area contributed by atoms with E-state index in [2.05, 4.69) is 0 Å². The van der Waals surface area contributed by atoms with Gasteiger partial charge in [-0.15, -0.1) is 0 Å². The zero-order valence-electron chi connectivity index (χ0n) is 13.2. The standard InChI is InChI=1S/C16H11F3N2O3S2/c1-8-2-3-10(6-11(8)17)21-14(7-25-16(21)22)9-4-12(18)15(13(19)5-9)26(20,23)24/h2-7H,1H3,(H2,20,23,24). The van der Waals surface area contributed by atoms with Gasteiger partial charge in [-0.05, 0) is 36.8 Å². The lowest BCUT2D eigenvalue weighted by atomic mass is 10.1. The molecule has 0 saturated heterocycles. The van der Waals surface area contributed by atoms with E-state index < -0.39 is 37.2 Å². The average molecular weight is 400 g/mol. The lowest BCUT2D eigenvalue weighted by Crippen LogP contribution is -2.17. The first kappa shape index (κ1) is 18.4. The Hall–Kier alpha value is -2.43. The first-order chi connectivity index (χ1) is 12.1. The van der Waals surface area contributed by atoms with Crippen molar-refractivity contribution in [1.82, 2.24) is 4.57 Å². The SMILES string of the molecule is Cc1ccc(-n2c(-c3cc(F)c(S(N)(=O)=O)c(F)c3)csc2=O)cc1F. The van der Waals surface area contributed by atoms with Crippen molar-refractivity contribution < 1.29 is 21.6 Å². The van der Waals surface area contributed by atoms with Crippen LogP contribution < -0.4 is 10.0 Å². The van der Waals surface area contributed by atoms with Gasteiger partial charge in [-0.3, -0.25) is 9.36 Å². The fourth-order valence-electron chi connectivity index (χ4n) is 2.45. The molecule has 0 aliphatic heterocycles. The van der Waals surface area contributed by atoms with Gasteiger partial charge in [-0.2, -0.15) is 0 Å². The molecule has 2 N–H and O–H groups in total. The molecule has 0 aliphatic rings. The van der Waals surface area contributed by atoms with Gasteiger partial charge in [0.15, 0.2) is 4.90 Å². The van der Waals surface area contributed by atoms with Crippen molar-refractivity contribution in [3.05, 3.63) is 68.4 Å². The molecule has 0 spiro atoms. The van der Waals surface area contributed by atoms with Crippen molar-refractivity contribution >= 4 is 21.4 Å². The van der Waals surface area contributed by atoms with E-state index in [0.29, 0.717) is 5.56 Å². The number of hydrogen-bond donors (Lipinski definition) is 1. The number of rotatable bonds is 3. The minimum Gasteiger partial charge on any atom is -0.267 e.